The van der Waals surface area contributed by atoms with Gasteiger partial charge in [-0.05, 0) is 45.0 Å². The Balaban J connectivity index is 0.00000242. The number of ether oxygens (including phenoxy) is 1. The van der Waals surface area contributed by atoms with E-state index in [9.17, 15) is 4.79 Å². The summed E-state index contributed by atoms with van der Waals surface area (Å²) < 4.78 is 5.74. The number of hydrogen-bond donors (Lipinski definition) is 0. The van der Waals surface area contributed by atoms with E-state index in [4.69, 9.17) is 4.74 Å². The van der Waals surface area contributed by atoms with Gasteiger partial charge >= 0.3 is 0 Å². The average Bonchev–Trinajstić information content (AvgIpc) is 2.81. The number of benzene rings is 1. The number of hydrogen-bond acceptors (Lipinski definition) is 3. The third kappa shape index (κ3) is 4.11. The molecule has 1 heterocycles. The predicted molar refractivity (Wildman–Crippen MR) is 93.2 cm³/mol. The average molecular weight is 324 g/mol. The van der Waals surface area contributed by atoms with E-state index < -0.39 is 5.60 Å². The van der Waals surface area contributed by atoms with Gasteiger partial charge in [0.1, 0.15) is 0 Å². The Morgan fingerprint density at radius 3 is 2.36 bits per heavy atom. The summed E-state index contributed by atoms with van der Waals surface area (Å²) in [6.45, 7) is 9.35. The molecule has 1 aromatic rings. The molecule has 122 valence electrons. The molecule has 0 N–H and O–H groups in total. The lowest BCUT2D eigenvalue weighted by atomic mass is 9.89. The van der Waals surface area contributed by atoms with Crippen LogP contribution in [0, 0.1) is 0 Å². The summed E-state index contributed by atoms with van der Waals surface area (Å²) in [5, 5.41) is 0. The maximum atomic E-state index is 12.6. The van der Waals surface area contributed by atoms with Crippen LogP contribution in [0.1, 0.15) is 39.2 Å². The SMILES string of the molecule is CCN(CC)CCCC1(C)OC=C(c2ccccc2)C1=O.Cl. The number of rotatable bonds is 7. The molecule has 1 aliphatic heterocycles. The van der Waals surface area contributed by atoms with Gasteiger partial charge in [-0.25, -0.2) is 0 Å². The molecule has 0 saturated heterocycles. The molecule has 0 aromatic heterocycles. The molecule has 0 radical (unpaired) electrons. The summed E-state index contributed by atoms with van der Waals surface area (Å²) in [4.78, 5) is 15.0. The minimum Gasteiger partial charge on any atom is -0.486 e. The van der Waals surface area contributed by atoms with Gasteiger partial charge in [0, 0.05) is 0 Å². The first-order chi connectivity index (χ1) is 10.1. The quantitative estimate of drug-likeness (QED) is 0.761. The first-order valence-electron chi connectivity index (χ1n) is 7.81. The van der Waals surface area contributed by atoms with Crippen molar-refractivity contribution in [2.24, 2.45) is 0 Å². The van der Waals surface area contributed by atoms with Crippen molar-refractivity contribution in [1.82, 2.24) is 4.90 Å². The largest absolute Gasteiger partial charge is 0.486 e. The van der Waals surface area contributed by atoms with Crippen LogP contribution in [0.3, 0.4) is 0 Å². The molecule has 1 unspecified atom stereocenters. The Bertz CT molecular complexity index is 511. The molecule has 3 nitrogen and oxygen atoms in total. The molecule has 2 rings (SSSR count). The third-order valence-electron chi connectivity index (χ3n) is 4.27. The molecular formula is C18H26ClNO2. The molecule has 0 bridgehead atoms. The van der Waals surface area contributed by atoms with Crippen molar-refractivity contribution in [3.05, 3.63) is 42.2 Å². The van der Waals surface area contributed by atoms with Crippen molar-refractivity contribution in [3.63, 3.8) is 0 Å². The predicted octanol–water partition coefficient (Wildman–Crippen LogP) is 3.93. The smallest absolute Gasteiger partial charge is 0.209 e. The Morgan fingerprint density at radius 2 is 1.77 bits per heavy atom. The van der Waals surface area contributed by atoms with Gasteiger partial charge in [-0.1, -0.05) is 44.2 Å². The second-order valence-corrected chi connectivity index (χ2v) is 5.71. The van der Waals surface area contributed by atoms with Crippen molar-refractivity contribution < 1.29 is 9.53 Å². The Labute approximate surface area is 139 Å². The van der Waals surface area contributed by atoms with Gasteiger partial charge in [-0.3, -0.25) is 4.79 Å². The van der Waals surface area contributed by atoms with Gasteiger partial charge in [0.15, 0.2) is 5.60 Å². The molecule has 1 aromatic carbocycles. The van der Waals surface area contributed by atoms with Crippen molar-refractivity contribution in [2.75, 3.05) is 19.6 Å². The van der Waals surface area contributed by atoms with E-state index in [0.717, 1.165) is 38.0 Å². The highest BCUT2D eigenvalue weighted by atomic mass is 35.5. The third-order valence-corrected chi connectivity index (χ3v) is 4.27. The van der Waals surface area contributed by atoms with Crippen LogP contribution >= 0.6 is 12.4 Å². The van der Waals surface area contributed by atoms with Crippen LogP contribution in [0.4, 0.5) is 0 Å². The van der Waals surface area contributed by atoms with Crippen LogP contribution in [0.2, 0.25) is 0 Å². The minimum absolute atomic E-state index is 0. The first kappa shape index (κ1) is 18.7. The zero-order valence-electron chi connectivity index (χ0n) is 13.7. The van der Waals surface area contributed by atoms with Gasteiger partial charge in [0.05, 0.1) is 11.8 Å². The number of carbonyl (C=O) groups is 1. The molecule has 1 atom stereocenters. The lowest BCUT2D eigenvalue weighted by Gasteiger charge is -2.24. The van der Waals surface area contributed by atoms with E-state index in [2.05, 4.69) is 18.7 Å². The van der Waals surface area contributed by atoms with Gasteiger partial charge in [-0.2, -0.15) is 0 Å². The Hall–Kier alpha value is -1.32. The highest BCUT2D eigenvalue weighted by molar-refractivity contribution is 6.25. The monoisotopic (exact) mass is 323 g/mol. The molecule has 22 heavy (non-hydrogen) atoms. The molecule has 0 amide bonds. The van der Waals surface area contributed by atoms with Crippen LogP contribution in [0.15, 0.2) is 36.6 Å². The first-order valence-corrected chi connectivity index (χ1v) is 7.81. The normalized spacial score (nSPS) is 20.5. The van der Waals surface area contributed by atoms with E-state index in [1.165, 1.54) is 0 Å². The fourth-order valence-electron chi connectivity index (χ4n) is 2.75. The summed E-state index contributed by atoms with van der Waals surface area (Å²) in [5.74, 6) is 0.105. The topological polar surface area (TPSA) is 29.5 Å². The van der Waals surface area contributed by atoms with Crippen LogP contribution < -0.4 is 0 Å². The summed E-state index contributed by atoms with van der Waals surface area (Å²) in [7, 11) is 0. The maximum Gasteiger partial charge on any atom is 0.209 e. The lowest BCUT2D eigenvalue weighted by Crippen LogP contribution is -2.35. The van der Waals surface area contributed by atoms with Crippen molar-refractivity contribution in [3.8, 4) is 0 Å². The summed E-state index contributed by atoms with van der Waals surface area (Å²) in [6.07, 6.45) is 3.37. The van der Waals surface area contributed by atoms with Gasteiger partial charge < -0.3 is 9.64 Å². The number of carbonyl (C=O) groups excluding carboxylic acids is 1. The minimum atomic E-state index is -0.696. The van der Waals surface area contributed by atoms with Gasteiger partial charge in [-0.15, -0.1) is 12.4 Å². The molecule has 0 fully saturated rings. The molecule has 0 spiro atoms. The van der Waals surface area contributed by atoms with Crippen LogP contribution in [0.5, 0.6) is 0 Å². The zero-order valence-corrected chi connectivity index (χ0v) is 14.5. The van der Waals surface area contributed by atoms with Gasteiger partial charge in [0.2, 0.25) is 5.78 Å². The summed E-state index contributed by atoms with van der Waals surface area (Å²) in [6, 6.07) is 9.75. The highest BCUT2D eigenvalue weighted by Crippen LogP contribution is 2.34. The van der Waals surface area contributed by atoms with Crippen molar-refractivity contribution in [2.45, 2.75) is 39.2 Å². The number of ketones is 1. The van der Waals surface area contributed by atoms with E-state index in [1.54, 1.807) is 6.26 Å². The molecule has 0 saturated carbocycles. The van der Waals surface area contributed by atoms with E-state index in [1.807, 2.05) is 37.3 Å². The number of halogens is 1. The van der Waals surface area contributed by atoms with Crippen LogP contribution in [-0.2, 0) is 9.53 Å². The van der Waals surface area contributed by atoms with E-state index in [-0.39, 0.29) is 18.2 Å². The summed E-state index contributed by atoms with van der Waals surface area (Å²) in [5.41, 5.74) is 0.939. The van der Waals surface area contributed by atoms with Gasteiger partial charge in [0.25, 0.3) is 0 Å². The number of Topliss-reactive ketones (excluding diaryl/α,β-unsaturated/α-hetero) is 1. The lowest BCUT2D eigenvalue weighted by molar-refractivity contribution is -0.127. The van der Waals surface area contributed by atoms with E-state index in [0.29, 0.717) is 5.57 Å². The highest BCUT2D eigenvalue weighted by Gasteiger charge is 2.41. The second-order valence-electron chi connectivity index (χ2n) is 5.71. The second kappa shape index (κ2) is 8.35. The molecule has 1 aliphatic rings. The van der Waals surface area contributed by atoms with E-state index >= 15 is 0 Å². The fraction of sp³-hybridized carbons (Fsp3) is 0.500. The zero-order chi connectivity index (χ0) is 15.3. The fourth-order valence-corrected chi connectivity index (χ4v) is 2.75. The number of nitrogens with zero attached hydrogens (tertiary/aromatic N) is 1. The molecule has 0 aliphatic carbocycles. The maximum absolute atomic E-state index is 12.6. The van der Waals surface area contributed by atoms with Crippen LogP contribution in [-0.4, -0.2) is 35.9 Å². The summed E-state index contributed by atoms with van der Waals surface area (Å²) >= 11 is 0. The molecule has 4 heteroatoms. The standard InChI is InChI=1S/C18H25NO2.ClH/c1-4-19(5-2)13-9-12-18(3)17(20)16(14-21-18)15-10-7-6-8-11-15;/h6-8,10-11,14H,4-5,9,12-13H2,1-3H3;1H. The van der Waals surface area contributed by atoms with Crippen molar-refractivity contribution in [1.29, 1.82) is 0 Å². The van der Waals surface area contributed by atoms with Crippen molar-refractivity contribution >= 4 is 23.8 Å². The Kier molecular flexibility index (Phi) is 7.11. The Morgan fingerprint density at radius 1 is 1.14 bits per heavy atom. The van der Waals surface area contributed by atoms with Crippen LogP contribution in [0.25, 0.3) is 5.57 Å². The molecular weight excluding hydrogens is 298 g/mol.